The van der Waals surface area contributed by atoms with Crippen LogP contribution in [0.2, 0.25) is 0 Å². The SMILES string of the molecule is CC(N)(C=CCN)C(=O)O. The van der Waals surface area contributed by atoms with Crippen molar-refractivity contribution < 1.29 is 9.90 Å². The van der Waals surface area contributed by atoms with E-state index in [2.05, 4.69) is 0 Å². The average molecular weight is 144 g/mol. The number of aliphatic carboxylic acids is 1. The van der Waals surface area contributed by atoms with Gasteiger partial charge in [0.1, 0.15) is 5.54 Å². The van der Waals surface area contributed by atoms with Crippen LogP contribution in [0.15, 0.2) is 12.2 Å². The second kappa shape index (κ2) is 3.34. The van der Waals surface area contributed by atoms with Crippen molar-refractivity contribution in [2.24, 2.45) is 11.5 Å². The molecule has 0 aromatic heterocycles. The fraction of sp³-hybridized carbons (Fsp3) is 0.500. The van der Waals surface area contributed by atoms with E-state index in [1.165, 1.54) is 19.1 Å². The molecule has 0 fully saturated rings. The number of hydrogen-bond donors (Lipinski definition) is 3. The lowest BCUT2D eigenvalue weighted by Gasteiger charge is -2.12. The van der Waals surface area contributed by atoms with Crippen molar-refractivity contribution in [3.63, 3.8) is 0 Å². The Morgan fingerprint density at radius 1 is 1.80 bits per heavy atom. The third-order valence-electron chi connectivity index (χ3n) is 1.06. The van der Waals surface area contributed by atoms with Crippen molar-refractivity contribution >= 4 is 5.97 Å². The summed E-state index contributed by atoms with van der Waals surface area (Å²) in [6.45, 7) is 1.71. The second-order valence-electron chi connectivity index (χ2n) is 2.23. The van der Waals surface area contributed by atoms with E-state index in [1.807, 2.05) is 0 Å². The first kappa shape index (κ1) is 9.13. The smallest absolute Gasteiger partial charge is 0.327 e. The van der Waals surface area contributed by atoms with Crippen LogP contribution in [0, 0.1) is 0 Å². The van der Waals surface area contributed by atoms with Crippen LogP contribution in [0.4, 0.5) is 0 Å². The molecule has 10 heavy (non-hydrogen) atoms. The molecule has 0 aliphatic rings. The summed E-state index contributed by atoms with van der Waals surface area (Å²) in [4.78, 5) is 10.3. The van der Waals surface area contributed by atoms with Gasteiger partial charge in [-0.1, -0.05) is 12.2 Å². The van der Waals surface area contributed by atoms with E-state index in [0.29, 0.717) is 6.54 Å². The maximum Gasteiger partial charge on any atom is 0.327 e. The molecule has 4 nitrogen and oxygen atoms in total. The molecule has 5 N–H and O–H groups in total. The molecule has 0 aliphatic heterocycles. The molecule has 0 radical (unpaired) electrons. The molecular weight excluding hydrogens is 132 g/mol. The first-order valence-corrected chi connectivity index (χ1v) is 2.90. The fourth-order valence-electron chi connectivity index (χ4n) is 0.384. The van der Waals surface area contributed by atoms with Crippen LogP contribution in [-0.4, -0.2) is 23.2 Å². The van der Waals surface area contributed by atoms with Gasteiger partial charge in [0.15, 0.2) is 0 Å². The molecule has 1 atom stereocenters. The van der Waals surface area contributed by atoms with Gasteiger partial charge in [0.05, 0.1) is 0 Å². The number of rotatable bonds is 3. The second-order valence-corrected chi connectivity index (χ2v) is 2.23. The fourth-order valence-corrected chi connectivity index (χ4v) is 0.384. The van der Waals surface area contributed by atoms with Gasteiger partial charge >= 0.3 is 5.97 Å². The minimum absolute atomic E-state index is 0.306. The summed E-state index contributed by atoms with van der Waals surface area (Å²) < 4.78 is 0. The Bertz CT molecular complexity index is 152. The molecule has 58 valence electrons. The normalized spacial score (nSPS) is 17.1. The van der Waals surface area contributed by atoms with E-state index in [4.69, 9.17) is 16.6 Å². The van der Waals surface area contributed by atoms with Crippen molar-refractivity contribution in [1.82, 2.24) is 0 Å². The van der Waals surface area contributed by atoms with E-state index in [9.17, 15) is 4.79 Å². The van der Waals surface area contributed by atoms with Gasteiger partial charge in [-0.05, 0) is 6.92 Å². The molecule has 0 spiro atoms. The highest BCUT2D eigenvalue weighted by molar-refractivity contribution is 5.80. The third-order valence-corrected chi connectivity index (χ3v) is 1.06. The molecule has 0 amide bonds. The Balaban J connectivity index is 4.12. The van der Waals surface area contributed by atoms with Crippen LogP contribution < -0.4 is 11.5 Å². The van der Waals surface area contributed by atoms with Crippen LogP contribution in [0.25, 0.3) is 0 Å². The maximum atomic E-state index is 10.3. The Morgan fingerprint density at radius 3 is 2.60 bits per heavy atom. The van der Waals surface area contributed by atoms with Crippen molar-refractivity contribution in [3.8, 4) is 0 Å². The lowest BCUT2D eigenvalue weighted by atomic mass is 10.0. The molecule has 0 heterocycles. The number of carbonyl (C=O) groups is 1. The van der Waals surface area contributed by atoms with E-state index in [-0.39, 0.29) is 0 Å². The predicted molar refractivity (Wildman–Crippen MR) is 38.4 cm³/mol. The summed E-state index contributed by atoms with van der Waals surface area (Å²) in [5.41, 5.74) is 9.11. The molecule has 0 aromatic rings. The molecular formula is C6H12N2O2. The summed E-state index contributed by atoms with van der Waals surface area (Å²) in [5, 5.41) is 8.45. The quantitative estimate of drug-likeness (QED) is 0.457. The minimum atomic E-state index is -1.29. The largest absolute Gasteiger partial charge is 0.480 e. The van der Waals surface area contributed by atoms with E-state index in [1.54, 1.807) is 0 Å². The average Bonchev–Trinajstić information content (AvgIpc) is 1.84. The van der Waals surface area contributed by atoms with Crippen LogP contribution in [-0.2, 0) is 4.79 Å². The summed E-state index contributed by atoms with van der Waals surface area (Å²) in [7, 11) is 0. The number of carboxylic acid groups (broad SMARTS) is 1. The Labute approximate surface area is 59.5 Å². The Kier molecular flexibility index (Phi) is 3.05. The molecule has 0 saturated heterocycles. The van der Waals surface area contributed by atoms with Gasteiger partial charge in [-0.15, -0.1) is 0 Å². The van der Waals surface area contributed by atoms with Crippen molar-refractivity contribution in [2.75, 3.05) is 6.54 Å². The van der Waals surface area contributed by atoms with E-state index >= 15 is 0 Å². The highest BCUT2D eigenvalue weighted by atomic mass is 16.4. The zero-order valence-corrected chi connectivity index (χ0v) is 5.87. The summed E-state index contributed by atoms with van der Waals surface area (Å²) >= 11 is 0. The van der Waals surface area contributed by atoms with Gasteiger partial charge in [-0.25, -0.2) is 4.79 Å². The standard InChI is InChI=1S/C6H12N2O2/c1-6(8,5(9)10)3-2-4-7/h2-3H,4,7-8H2,1H3,(H,9,10). The summed E-state index contributed by atoms with van der Waals surface area (Å²) in [5.74, 6) is -1.06. The monoisotopic (exact) mass is 144 g/mol. The van der Waals surface area contributed by atoms with Gasteiger partial charge in [0.25, 0.3) is 0 Å². The lowest BCUT2D eigenvalue weighted by Crippen LogP contribution is -2.42. The molecule has 0 aliphatic carbocycles. The van der Waals surface area contributed by atoms with Crippen molar-refractivity contribution in [3.05, 3.63) is 12.2 Å². The Morgan fingerprint density at radius 2 is 2.30 bits per heavy atom. The molecule has 1 unspecified atom stereocenters. The van der Waals surface area contributed by atoms with Crippen molar-refractivity contribution in [1.29, 1.82) is 0 Å². The molecule has 0 bridgehead atoms. The van der Waals surface area contributed by atoms with E-state index < -0.39 is 11.5 Å². The topological polar surface area (TPSA) is 89.3 Å². The van der Waals surface area contributed by atoms with Crippen molar-refractivity contribution in [2.45, 2.75) is 12.5 Å². The van der Waals surface area contributed by atoms with Gasteiger partial charge in [-0.2, -0.15) is 0 Å². The van der Waals surface area contributed by atoms with Crippen LogP contribution in [0.5, 0.6) is 0 Å². The molecule has 0 aromatic carbocycles. The predicted octanol–water partition coefficient (Wildman–Crippen LogP) is -0.697. The zero-order valence-electron chi connectivity index (χ0n) is 5.87. The van der Waals surface area contributed by atoms with Gasteiger partial charge in [0, 0.05) is 6.54 Å². The van der Waals surface area contributed by atoms with Gasteiger partial charge in [0.2, 0.25) is 0 Å². The highest BCUT2D eigenvalue weighted by Gasteiger charge is 2.23. The number of nitrogens with two attached hydrogens (primary N) is 2. The summed E-state index contributed by atoms with van der Waals surface area (Å²) in [6, 6.07) is 0. The molecule has 0 rings (SSSR count). The first-order chi connectivity index (χ1) is 4.50. The molecule has 0 saturated carbocycles. The lowest BCUT2D eigenvalue weighted by molar-refractivity contribution is -0.140. The van der Waals surface area contributed by atoms with E-state index in [0.717, 1.165) is 0 Å². The number of hydrogen-bond acceptors (Lipinski definition) is 3. The maximum absolute atomic E-state index is 10.3. The van der Waals surface area contributed by atoms with Crippen LogP contribution in [0.1, 0.15) is 6.92 Å². The summed E-state index contributed by atoms with van der Waals surface area (Å²) in [6.07, 6.45) is 2.89. The number of carboxylic acids is 1. The van der Waals surface area contributed by atoms with Gasteiger partial charge < -0.3 is 16.6 Å². The highest BCUT2D eigenvalue weighted by Crippen LogP contribution is 1.99. The zero-order chi connectivity index (χ0) is 8.20. The van der Waals surface area contributed by atoms with Crippen LogP contribution >= 0.6 is 0 Å². The minimum Gasteiger partial charge on any atom is -0.480 e. The van der Waals surface area contributed by atoms with Crippen LogP contribution in [0.3, 0.4) is 0 Å². The van der Waals surface area contributed by atoms with Gasteiger partial charge in [-0.3, -0.25) is 0 Å². The Hall–Kier alpha value is -0.870. The molecule has 4 heteroatoms. The first-order valence-electron chi connectivity index (χ1n) is 2.90. The third kappa shape index (κ3) is 2.61.